The molecule has 0 unspecified atom stereocenters. The molecule has 1 amide bonds. The van der Waals surface area contributed by atoms with Crippen LogP contribution in [0, 0.1) is 11.8 Å². The molecule has 1 saturated carbocycles. The van der Waals surface area contributed by atoms with E-state index in [9.17, 15) is 9.59 Å². The van der Waals surface area contributed by atoms with E-state index < -0.39 is 0 Å². The first-order chi connectivity index (χ1) is 14.6. The number of amides is 1. The summed E-state index contributed by atoms with van der Waals surface area (Å²) in [6.45, 7) is 2.99. The molecule has 7 heteroatoms. The largest absolute Gasteiger partial charge is 0.461 e. The van der Waals surface area contributed by atoms with Gasteiger partial charge in [-0.25, -0.2) is 4.79 Å². The van der Waals surface area contributed by atoms with Crippen LogP contribution < -0.4 is 10.6 Å². The number of hydrogen-bond donors (Lipinski definition) is 3. The van der Waals surface area contributed by atoms with Crippen molar-refractivity contribution in [2.24, 2.45) is 11.8 Å². The average molecular weight is 414 g/mol. The van der Waals surface area contributed by atoms with Crippen LogP contribution in [0.2, 0.25) is 0 Å². The second kappa shape index (κ2) is 9.18. The lowest BCUT2D eigenvalue weighted by Crippen LogP contribution is -2.43. The highest BCUT2D eigenvalue weighted by molar-refractivity contribution is 5.99. The second-order valence-corrected chi connectivity index (χ2v) is 8.35. The Morgan fingerprint density at radius 3 is 2.67 bits per heavy atom. The SMILES string of the molecule is CCOC(=O)c1cc2cc(NC(=O)[C@H]3NCC[C@H]3[C@H]3CC[C@H](OC)CC3)ccc2[nH]1. The number of rotatable bonds is 6. The van der Waals surface area contributed by atoms with Crippen LogP contribution in [0.1, 0.15) is 49.5 Å². The van der Waals surface area contributed by atoms with Crippen molar-refractivity contribution < 1.29 is 19.1 Å². The summed E-state index contributed by atoms with van der Waals surface area (Å²) in [6.07, 6.45) is 5.83. The number of H-pyrrole nitrogens is 1. The zero-order chi connectivity index (χ0) is 21.1. The van der Waals surface area contributed by atoms with Crippen LogP contribution in [0.3, 0.4) is 0 Å². The number of aromatic amines is 1. The molecule has 2 aromatic rings. The molecule has 2 fully saturated rings. The van der Waals surface area contributed by atoms with Crippen LogP contribution in [-0.2, 0) is 14.3 Å². The summed E-state index contributed by atoms with van der Waals surface area (Å²) in [7, 11) is 1.79. The van der Waals surface area contributed by atoms with Gasteiger partial charge in [-0.15, -0.1) is 0 Å². The second-order valence-electron chi connectivity index (χ2n) is 8.35. The lowest BCUT2D eigenvalue weighted by molar-refractivity contribution is -0.119. The first kappa shape index (κ1) is 20.9. The van der Waals surface area contributed by atoms with Gasteiger partial charge < -0.3 is 25.1 Å². The fourth-order valence-corrected chi connectivity index (χ4v) is 5.02. The monoisotopic (exact) mass is 413 g/mol. The van der Waals surface area contributed by atoms with Crippen molar-refractivity contribution in [3.05, 3.63) is 30.0 Å². The third-order valence-corrected chi connectivity index (χ3v) is 6.59. The molecule has 7 nitrogen and oxygen atoms in total. The fourth-order valence-electron chi connectivity index (χ4n) is 5.02. The number of ether oxygens (including phenoxy) is 2. The molecule has 0 spiro atoms. The lowest BCUT2D eigenvalue weighted by Gasteiger charge is -2.33. The van der Waals surface area contributed by atoms with Gasteiger partial charge in [0.15, 0.2) is 0 Å². The van der Waals surface area contributed by atoms with Crippen LogP contribution in [0.25, 0.3) is 10.9 Å². The summed E-state index contributed by atoms with van der Waals surface area (Å²) in [4.78, 5) is 28.0. The third kappa shape index (κ3) is 4.37. The van der Waals surface area contributed by atoms with Gasteiger partial charge in [0.25, 0.3) is 0 Å². The Hall–Kier alpha value is -2.38. The van der Waals surface area contributed by atoms with Crippen LogP contribution in [0.15, 0.2) is 24.3 Å². The van der Waals surface area contributed by atoms with Crippen LogP contribution >= 0.6 is 0 Å². The maximum atomic E-state index is 13.0. The van der Waals surface area contributed by atoms with Gasteiger partial charge in [0.05, 0.1) is 18.8 Å². The van der Waals surface area contributed by atoms with Gasteiger partial charge in [-0.3, -0.25) is 4.79 Å². The minimum atomic E-state index is -0.375. The van der Waals surface area contributed by atoms with E-state index in [4.69, 9.17) is 9.47 Å². The van der Waals surface area contributed by atoms with Gasteiger partial charge in [0.2, 0.25) is 5.91 Å². The first-order valence-corrected chi connectivity index (χ1v) is 11.0. The highest BCUT2D eigenvalue weighted by Gasteiger charge is 2.39. The Morgan fingerprint density at radius 1 is 1.13 bits per heavy atom. The summed E-state index contributed by atoms with van der Waals surface area (Å²) in [5.41, 5.74) is 1.99. The number of fused-ring (bicyclic) bond motifs is 1. The molecule has 1 saturated heterocycles. The molecule has 2 atom stereocenters. The van der Waals surface area contributed by atoms with E-state index in [0.717, 1.165) is 55.2 Å². The third-order valence-electron chi connectivity index (χ3n) is 6.59. The van der Waals surface area contributed by atoms with E-state index in [1.54, 1.807) is 20.1 Å². The molecule has 30 heavy (non-hydrogen) atoms. The van der Waals surface area contributed by atoms with Crippen LogP contribution in [0.4, 0.5) is 5.69 Å². The minimum absolute atomic E-state index is 0.0202. The Bertz CT molecular complexity index is 901. The highest BCUT2D eigenvalue weighted by Crippen LogP contribution is 2.37. The molecule has 1 aromatic heterocycles. The van der Waals surface area contributed by atoms with Gasteiger partial charge >= 0.3 is 5.97 Å². The number of benzene rings is 1. The van der Waals surface area contributed by atoms with Crippen molar-refractivity contribution in [3.63, 3.8) is 0 Å². The fraction of sp³-hybridized carbons (Fsp3) is 0.565. The molecule has 2 aliphatic rings. The van der Waals surface area contributed by atoms with E-state index in [2.05, 4.69) is 15.6 Å². The summed E-state index contributed by atoms with van der Waals surface area (Å²) in [5, 5.41) is 7.35. The number of carbonyl (C=O) groups excluding carboxylic acids is 2. The van der Waals surface area contributed by atoms with E-state index in [0.29, 0.717) is 30.2 Å². The lowest BCUT2D eigenvalue weighted by atomic mass is 9.75. The molecule has 2 heterocycles. The minimum Gasteiger partial charge on any atom is -0.461 e. The van der Waals surface area contributed by atoms with Crippen molar-refractivity contribution in [1.82, 2.24) is 10.3 Å². The van der Waals surface area contributed by atoms with Gasteiger partial charge in [-0.1, -0.05) is 0 Å². The van der Waals surface area contributed by atoms with E-state index in [-0.39, 0.29) is 17.9 Å². The van der Waals surface area contributed by atoms with Crippen molar-refractivity contribution >= 4 is 28.5 Å². The van der Waals surface area contributed by atoms with Gasteiger partial charge in [-0.2, -0.15) is 0 Å². The Balaban J connectivity index is 1.42. The number of nitrogens with one attached hydrogen (secondary N) is 3. The standard InChI is InChI=1S/C23H31N3O4/c1-3-30-23(28)20-13-15-12-16(6-9-19(15)26-20)25-22(27)21-18(10-11-24-21)14-4-7-17(29-2)8-5-14/h6,9,12-14,17-18,21,24,26H,3-5,7-8,10-11H2,1-2H3,(H,25,27)/t14-,17-,18-,21-/m0/s1. The summed E-state index contributed by atoms with van der Waals surface area (Å²) < 4.78 is 10.5. The number of carbonyl (C=O) groups is 2. The Labute approximate surface area is 176 Å². The molecule has 1 aromatic carbocycles. The molecule has 0 radical (unpaired) electrons. The Kier molecular flexibility index (Phi) is 6.39. The van der Waals surface area contributed by atoms with Gasteiger partial charge in [-0.05, 0) is 81.7 Å². The molecule has 4 rings (SSSR count). The van der Waals surface area contributed by atoms with E-state index in [1.807, 2.05) is 18.2 Å². The predicted octanol–water partition coefficient (Wildman–Crippen LogP) is 3.47. The van der Waals surface area contributed by atoms with Gasteiger partial charge in [0, 0.05) is 23.7 Å². The molecule has 1 aliphatic carbocycles. The number of methoxy groups -OCH3 is 1. The molecular weight excluding hydrogens is 382 g/mol. The van der Waals surface area contributed by atoms with Crippen LogP contribution in [0.5, 0.6) is 0 Å². The van der Waals surface area contributed by atoms with Crippen LogP contribution in [-0.4, -0.2) is 49.3 Å². The molecule has 3 N–H and O–H groups in total. The number of hydrogen-bond acceptors (Lipinski definition) is 5. The zero-order valence-corrected chi connectivity index (χ0v) is 17.7. The molecule has 1 aliphatic heterocycles. The normalized spacial score (nSPS) is 26.6. The number of esters is 1. The van der Waals surface area contributed by atoms with E-state index in [1.165, 1.54) is 0 Å². The van der Waals surface area contributed by atoms with Gasteiger partial charge in [0.1, 0.15) is 5.69 Å². The topological polar surface area (TPSA) is 92.4 Å². The average Bonchev–Trinajstić information content (AvgIpc) is 3.41. The predicted molar refractivity (Wildman–Crippen MR) is 116 cm³/mol. The maximum Gasteiger partial charge on any atom is 0.354 e. The molecular formula is C23H31N3O4. The van der Waals surface area contributed by atoms with Crippen molar-refractivity contribution in [2.75, 3.05) is 25.6 Å². The first-order valence-electron chi connectivity index (χ1n) is 11.0. The molecule has 0 bridgehead atoms. The quantitative estimate of drug-likeness (QED) is 0.631. The summed E-state index contributed by atoms with van der Waals surface area (Å²) in [6, 6.07) is 7.22. The van der Waals surface area contributed by atoms with Crippen molar-refractivity contribution in [1.29, 1.82) is 0 Å². The zero-order valence-electron chi connectivity index (χ0n) is 17.7. The maximum absolute atomic E-state index is 13.0. The smallest absolute Gasteiger partial charge is 0.354 e. The number of anilines is 1. The van der Waals surface area contributed by atoms with Crippen molar-refractivity contribution in [2.45, 2.75) is 51.2 Å². The highest BCUT2D eigenvalue weighted by atomic mass is 16.5. The molecule has 162 valence electrons. The Morgan fingerprint density at radius 2 is 1.93 bits per heavy atom. The van der Waals surface area contributed by atoms with E-state index >= 15 is 0 Å². The number of aromatic nitrogens is 1. The van der Waals surface area contributed by atoms with Crippen molar-refractivity contribution in [3.8, 4) is 0 Å². The summed E-state index contributed by atoms with van der Waals surface area (Å²) >= 11 is 0. The summed E-state index contributed by atoms with van der Waals surface area (Å²) in [5.74, 6) is 0.586.